The van der Waals surface area contributed by atoms with E-state index in [1.165, 1.54) is 18.9 Å². The normalized spacial score (nSPS) is 20.5. The smallest absolute Gasteiger partial charge is 0.128 e. The molecule has 0 saturated carbocycles. The zero-order chi connectivity index (χ0) is 13.1. The summed E-state index contributed by atoms with van der Waals surface area (Å²) in [6, 6.07) is 6.38. The fraction of sp³-hybridized carbons (Fsp3) is 0.600. The second-order valence-corrected chi connectivity index (χ2v) is 5.49. The molecule has 1 unspecified atom stereocenters. The van der Waals surface area contributed by atoms with Gasteiger partial charge in [-0.05, 0) is 31.9 Å². The number of nitrogens with zero attached hydrogens (tertiary/aromatic N) is 1. The van der Waals surface area contributed by atoms with Crippen LogP contribution in [0.5, 0.6) is 0 Å². The quantitative estimate of drug-likeness (QED) is 0.886. The topological polar surface area (TPSA) is 15.3 Å². The zero-order valence-electron chi connectivity index (χ0n) is 11.5. The van der Waals surface area contributed by atoms with Gasteiger partial charge in [-0.25, -0.2) is 4.39 Å². The molecule has 1 aromatic rings. The third-order valence-electron chi connectivity index (χ3n) is 3.57. The first-order valence-corrected chi connectivity index (χ1v) is 6.84. The Balaban J connectivity index is 2.11. The highest BCUT2D eigenvalue weighted by Gasteiger charge is 2.21. The van der Waals surface area contributed by atoms with Gasteiger partial charge in [0.15, 0.2) is 0 Å². The molecule has 1 aliphatic heterocycles. The van der Waals surface area contributed by atoms with Crippen LogP contribution in [0.15, 0.2) is 18.2 Å². The molecule has 1 atom stereocenters. The van der Waals surface area contributed by atoms with Crippen molar-refractivity contribution in [2.45, 2.75) is 45.7 Å². The summed E-state index contributed by atoms with van der Waals surface area (Å²) < 4.78 is 13.6. The van der Waals surface area contributed by atoms with Crippen molar-refractivity contribution in [3.63, 3.8) is 0 Å². The molecule has 0 spiro atoms. The number of piperidine rings is 1. The first kappa shape index (κ1) is 13.3. The van der Waals surface area contributed by atoms with Gasteiger partial charge in [0.1, 0.15) is 5.82 Å². The van der Waals surface area contributed by atoms with Crippen LogP contribution in [0.1, 0.15) is 32.3 Å². The molecule has 0 radical (unpaired) electrons. The number of hydrogen-bond acceptors (Lipinski definition) is 2. The van der Waals surface area contributed by atoms with Gasteiger partial charge in [-0.15, -0.1) is 0 Å². The Labute approximate surface area is 109 Å². The fourth-order valence-corrected chi connectivity index (χ4v) is 2.74. The van der Waals surface area contributed by atoms with Crippen molar-refractivity contribution in [3.8, 4) is 0 Å². The molecule has 1 aromatic carbocycles. The summed E-state index contributed by atoms with van der Waals surface area (Å²) in [5, 5.41) is 3.58. The molecule has 3 heteroatoms. The summed E-state index contributed by atoms with van der Waals surface area (Å²) in [6.07, 6.45) is 2.38. The van der Waals surface area contributed by atoms with E-state index in [1.807, 2.05) is 13.0 Å². The van der Waals surface area contributed by atoms with Crippen LogP contribution in [0.2, 0.25) is 0 Å². The number of halogens is 1. The number of hydrogen-bond donors (Lipinski definition) is 1. The lowest BCUT2D eigenvalue weighted by molar-refractivity contribution is 0.394. The molecular formula is C15H23FN2. The molecule has 1 fully saturated rings. The van der Waals surface area contributed by atoms with Crippen molar-refractivity contribution >= 4 is 5.69 Å². The van der Waals surface area contributed by atoms with Crippen LogP contribution in [0, 0.1) is 12.7 Å². The molecular weight excluding hydrogens is 227 g/mol. The Morgan fingerprint density at radius 1 is 1.39 bits per heavy atom. The van der Waals surface area contributed by atoms with Gasteiger partial charge in [0, 0.05) is 36.4 Å². The molecule has 18 heavy (non-hydrogen) atoms. The lowest BCUT2D eigenvalue weighted by Gasteiger charge is -2.36. The maximum atomic E-state index is 13.6. The van der Waals surface area contributed by atoms with Crippen LogP contribution in [0.25, 0.3) is 0 Å². The SMILES string of the molecule is Cc1c(F)cccc1N1CCCC(NC(C)C)C1. The average molecular weight is 250 g/mol. The molecule has 0 aromatic heterocycles. The summed E-state index contributed by atoms with van der Waals surface area (Å²) in [4.78, 5) is 2.31. The van der Waals surface area contributed by atoms with Gasteiger partial charge in [0.05, 0.1) is 0 Å². The minimum atomic E-state index is -0.105. The summed E-state index contributed by atoms with van der Waals surface area (Å²) >= 11 is 0. The highest BCUT2D eigenvalue weighted by atomic mass is 19.1. The van der Waals surface area contributed by atoms with Crippen molar-refractivity contribution in [3.05, 3.63) is 29.6 Å². The average Bonchev–Trinajstić information content (AvgIpc) is 2.32. The molecule has 2 nitrogen and oxygen atoms in total. The van der Waals surface area contributed by atoms with Crippen LogP contribution in [-0.4, -0.2) is 25.2 Å². The monoisotopic (exact) mass is 250 g/mol. The van der Waals surface area contributed by atoms with E-state index in [4.69, 9.17) is 0 Å². The van der Waals surface area contributed by atoms with Crippen molar-refractivity contribution in [1.82, 2.24) is 5.32 Å². The van der Waals surface area contributed by atoms with Gasteiger partial charge in [-0.1, -0.05) is 19.9 Å². The Morgan fingerprint density at radius 3 is 2.89 bits per heavy atom. The Kier molecular flexibility index (Phi) is 4.23. The van der Waals surface area contributed by atoms with Crippen molar-refractivity contribution < 1.29 is 4.39 Å². The van der Waals surface area contributed by atoms with E-state index in [1.54, 1.807) is 6.07 Å². The van der Waals surface area contributed by atoms with E-state index in [0.29, 0.717) is 12.1 Å². The number of nitrogens with one attached hydrogen (secondary N) is 1. The van der Waals surface area contributed by atoms with Gasteiger partial charge < -0.3 is 10.2 Å². The Morgan fingerprint density at radius 2 is 2.17 bits per heavy atom. The van der Waals surface area contributed by atoms with E-state index in [-0.39, 0.29) is 5.82 Å². The van der Waals surface area contributed by atoms with E-state index in [2.05, 4.69) is 24.1 Å². The van der Waals surface area contributed by atoms with Crippen LogP contribution in [0.3, 0.4) is 0 Å². The molecule has 100 valence electrons. The van der Waals surface area contributed by atoms with Crippen molar-refractivity contribution in [1.29, 1.82) is 0 Å². The molecule has 0 bridgehead atoms. The van der Waals surface area contributed by atoms with E-state index in [0.717, 1.165) is 24.3 Å². The summed E-state index contributed by atoms with van der Waals surface area (Å²) in [6.45, 7) is 8.21. The summed E-state index contributed by atoms with van der Waals surface area (Å²) in [5.41, 5.74) is 1.81. The number of anilines is 1. The molecule has 0 amide bonds. The van der Waals surface area contributed by atoms with E-state index < -0.39 is 0 Å². The van der Waals surface area contributed by atoms with Crippen molar-refractivity contribution in [2.24, 2.45) is 0 Å². The van der Waals surface area contributed by atoms with Gasteiger partial charge in [0.2, 0.25) is 0 Å². The van der Waals surface area contributed by atoms with Crippen molar-refractivity contribution in [2.75, 3.05) is 18.0 Å². The Hall–Kier alpha value is -1.09. The maximum Gasteiger partial charge on any atom is 0.128 e. The predicted octanol–water partition coefficient (Wildman–Crippen LogP) is 3.10. The van der Waals surface area contributed by atoms with Gasteiger partial charge in [-0.3, -0.25) is 0 Å². The molecule has 2 rings (SSSR count). The van der Waals surface area contributed by atoms with Gasteiger partial charge >= 0.3 is 0 Å². The first-order chi connectivity index (χ1) is 8.58. The standard InChI is InChI=1S/C15H23FN2/c1-11(2)17-13-6-5-9-18(10-13)15-8-4-7-14(16)12(15)3/h4,7-8,11,13,17H,5-6,9-10H2,1-3H3. The minimum Gasteiger partial charge on any atom is -0.370 e. The van der Waals surface area contributed by atoms with E-state index >= 15 is 0 Å². The van der Waals surface area contributed by atoms with Gasteiger partial charge in [-0.2, -0.15) is 0 Å². The number of rotatable bonds is 3. The highest BCUT2D eigenvalue weighted by molar-refractivity contribution is 5.54. The third-order valence-corrected chi connectivity index (χ3v) is 3.57. The maximum absolute atomic E-state index is 13.6. The molecule has 0 aliphatic carbocycles. The minimum absolute atomic E-state index is 0.105. The molecule has 1 N–H and O–H groups in total. The Bertz CT molecular complexity index is 403. The lowest BCUT2D eigenvalue weighted by Crippen LogP contribution is -2.48. The van der Waals surface area contributed by atoms with Crippen LogP contribution in [0.4, 0.5) is 10.1 Å². The highest BCUT2D eigenvalue weighted by Crippen LogP contribution is 2.25. The van der Waals surface area contributed by atoms with Crippen LogP contribution in [-0.2, 0) is 0 Å². The lowest BCUT2D eigenvalue weighted by atomic mass is 10.0. The molecule has 1 heterocycles. The second-order valence-electron chi connectivity index (χ2n) is 5.49. The molecule has 1 saturated heterocycles. The largest absolute Gasteiger partial charge is 0.370 e. The second kappa shape index (κ2) is 5.70. The van der Waals surface area contributed by atoms with E-state index in [9.17, 15) is 4.39 Å². The van der Waals surface area contributed by atoms with Crippen LogP contribution >= 0.6 is 0 Å². The first-order valence-electron chi connectivity index (χ1n) is 6.84. The third kappa shape index (κ3) is 3.02. The predicted molar refractivity (Wildman–Crippen MR) is 74.6 cm³/mol. The molecule has 1 aliphatic rings. The fourth-order valence-electron chi connectivity index (χ4n) is 2.74. The number of benzene rings is 1. The summed E-state index contributed by atoms with van der Waals surface area (Å²) in [5.74, 6) is -0.105. The van der Waals surface area contributed by atoms with Crippen LogP contribution < -0.4 is 10.2 Å². The van der Waals surface area contributed by atoms with Gasteiger partial charge in [0.25, 0.3) is 0 Å². The zero-order valence-corrected chi connectivity index (χ0v) is 11.5. The summed E-state index contributed by atoms with van der Waals surface area (Å²) in [7, 11) is 0.